The maximum absolute atomic E-state index is 11.8. The number of hydrogen-bond donors (Lipinski definition) is 7. The molecule has 0 bridgehead atoms. The summed E-state index contributed by atoms with van der Waals surface area (Å²) in [5, 5.41) is 27.7. The molecule has 3 rings (SSSR count). The Morgan fingerprint density at radius 3 is 2.85 bits per heavy atom. The molecule has 3 unspecified atom stereocenters. The minimum Gasteiger partial charge on any atom is -0.394 e. The molecule has 0 aliphatic carbocycles. The summed E-state index contributed by atoms with van der Waals surface area (Å²) in [4.78, 5) is 13.6. The van der Waals surface area contributed by atoms with E-state index in [1.165, 1.54) is 0 Å². The molecule has 114 valence electrons. The van der Waals surface area contributed by atoms with Gasteiger partial charge < -0.3 is 26.0 Å². The maximum Gasteiger partial charge on any atom is 0.242 e. The number of aliphatic hydroxyl groups is 2. The third-order valence-electron chi connectivity index (χ3n) is 4.02. The molecule has 0 aromatic rings. The van der Waals surface area contributed by atoms with Crippen LogP contribution in [0.1, 0.15) is 0 Å². The molecule has 3 fully saturated rings. The molecule has 3 aliphatic heterocycles. The van der Waals surface area contributed by atoms with E-state index >= 15 is 0 Å². The molecule has 1 amide bonds. The summed E-state index contributed by atoms with van der Waals surface area (Å²) in [6, 6.07) is -1.13. The number of amides is 1. The Kier molecular flexibility index (Phi) is 3.64. The molecule has 0 saturated carbocycles. The van der Waals surface area contributed by atoms with Crippen molar-refractivity contribution in [2.75, 3.05) is 13.3 Å². The van der Waals surface area contributed by atoms with Crippen LogP contribution in [-0.2, 0) is 9.53 Å². The van der Waals surface area contributed by atoms with Gasteiger partial charge in [0.15, 0.2) is 0 Å². The summed E-state index contributed by atoms with van der Waals surface area (Å²) < 4.78 is 5.59. The second-order valence-corrected chi connectivity index (χ2v) is 5.27. The first kappa shape index (κ1) is 14.1. The highest BCUT2D eigenvalue weighted by atomic mass is 16.5. The molecular formula is C10H20N6O4. The van der Waals surface area contributed by atoms with E-state index in [2.05, 4.69) is 16.0 Å². The quantitative estimate of drug-likeness (QED) is 0.264. The summed E-state index contributed by atoms with van der Waals surface area (Å²) in [5.74, 6) is -0.199. The van der Waals surface area contributed by atoms with Gasteiger partial charge in [-0.1, -0.05) is 0 Å². The Morgan fingerprint density at radius 2 is 2.20 bits per heavy atom. The lowest BCUT2D eigenvalue weighted by Gasteiger charge is -2.38. The standard InChI is InChI=1S/C10H20N6O4/c11-4-6(18)3(1-17)20-9(4)16-2-13-5-7(16)14-10(12)15-8(5)19/h3-7,9-10,13-14,17-18H,1-2,11-12H2,(H,15,19)/t3-,4-,5?,6-,7?,9-,10?/m1/s1. The fourth-order valence-corrected chi connectivity index (χ4v) is 2.97. The first-order valence-electron chi connectivity index (χ1n) is 6.54. The topological polar surface area (TPSA) is 158 Å². The van der Waals surface area contributed by atoms with Crippen LogP contribution in [0.5, 0.6) is 0 Å². The predicted molar refractivity (Wildman–Crippen MR) is 66.4 cm³/mol. The van der Waals surface area contributed by atoms with Crippen molar-refractivity contribution in [2.24, 2.45) is 11.5 Å². The van der Waals surface area contributed by atoms with E-state index in [1.54, 1.807) is 4.90 Å². The number of aliphatic hydroxyl groups excluding tert-OH is 2. The minimum atomic E-state index is -0.949. The summed E-state index contributed by atoms with van der Waals surface area (Å²) in [6.07, 6.45) is -3.30. The minimum absolute atomic E-state index is 0.199. The summed E-state index contributed by atoms with van der Waals surface area (Å²) in [7, 11) is 0. The fourth-order valence-electron chi connectivity index (χ4n) is 2.97. The van der Waals surface area contributed by atoms with Crippen LogP contribution in [0.25, 0.3) is 0 Å². The van der Waals surface area contributed by atoms with E-state index in [0.717, 1.165) is 0 Å². The van der Waals surface area contributed by atoms with E-state index in [1.807, 2.05) is 0 Å². The van der Waals surface area contributed by atoms with Gasteiger partial charge in [-0.15, -0.1) is 0 Å². The van der Waals surface area contributed by atoms with Crippen LogP contribution in [0.3, 0.4) is 0 Å². The molecule has 3 saturated heterocycles. The number of nitrogens with zero attached hydrogens (tertiary/aromatic N) is 1. The lowest BCUT2D eigenvalue weighted by atomic mass is 10.1. The Morgan fingerprint density at radius 1 is 1.45 bits per heavy atom. The van der Waals surface area contributed by atoms with Gasteiger partial charge in [-0.25, -0.2) is 4.90 Å². The average Bonchev–Trinajstić information content (AvgIpc) is 2.93. The van der Waals surface area contributed by atoms with Crippen molar-refractivity contribution in [1.82, 2.24) is 20.9 Å². The molecule has 10 heteroatoms. The predicted octanol–water partition coefficient (Wildman–Crippen LogP) is -5.09. The van der Waals surface area contributed by atoms with Gasteiger partial charge >= 0.3 is 0 Å². The van der Waals surface area contributed by atoms with Gasteiger partial charge in [0, 0.05) is 0 Å². The van der Waals surface area contributed by atoms with E-state index in [-0.39, 0.29) is 18.7 Å². The first-order chi connectivity index (χ1) is 9.52. The molecule has 20 heavy (non-hydrogen) atoms. The zero-order chi connectivity index (χ0) is 14.4. The monoisotopic (exact) mass is 288 g/mol. The average molecular weight is 288 g/mol. The van der Waals surface area contributed by atoms with Crippen molar-refractivity contribution in [2.45, 2.75) is 43.0 Å². The first-order valence-corrected chi connectivity index (χ1v) is 6.54. The van der Waals surface area contributed by atoms with Gasteiger partial charge in [-0.3, -0.25) is 21.2 Å². The highest BCUT2D eigenvalue weighted by Crippen LogP contribution is 2.26. The fraction of sp³-hybridized carbons (Fsp3) is 0.900. The van der Waals surface area contributed by atoms with Crippen molar-refractivity contribution in [3.8, 4) is 0 Å². The van der Waals surface area contributed by atoms with Crippen molar-refractivity contribution in [3.05, 3.63) is 0 Å². The van der Waals surface area contributed by atoms with Gasteiger partial charge in [-0.2, -0.15) is 0 Å². The summed E-state index contributed by atoms with van der Waals surface area (Å²) in [6.45, 7) is 0.0554. The lowest BCUT2D eigenvalue weighted by Crippen LogP contribution is -2.71. The molecule has 0 aromatic carbocycles. The largest absolute Gasteiger partial charge is 0.394 e. The maximum atomic E-state index is 11.8. The number of nitrogens with two attached hydrogens (primary N) is 2. The third-order valence-corrected chi connectivity index (χ3v) is 4.02. The highest BCUT2D eigenvalue weighted by Gasteiger charge is 2.51. The second-order valence-electron chi connectivity index (χ2n) is 5.27. The summed E-state index contributed by atoms with van der Waals surface area (Å²) >= 11 is 0. The van der Waals surface area contributed by atoms with Crippen LogP contribution in [0.4, 0.5) is 0 Å². The SMILES string of the molecule is NC1NC(=O)C2NCN([C@@H]3O[C@H](CO)[C@@H](O)[C@H]3N)C2N1. The van der Waals surface area contributed by atoms with Crippen molar-refractivity contribution < 1.29 is 19.7 Å². The molecular weight excluding hydrogens is 268 g/mol. The lowest BCUT2D eigenvalue weighted by molar-refractivity contribution is -0.130. The molecule has 0 aromatic heterocycles. The van der Waals surface area contributed by atoms with E-state index < -0.39 is 36.8 Å². The number of ether oxygens (including phenoxy) is 1. The molecule has 9 N–H and O–H groups in total. The van der Waals surface area contributed by atoms with Gasteiger partial charge in [0.25, 0.3) is 0 Å². The molecule has 3 aliphatic rings. The zero-order valence-corrected chi connectivity index (χ0v) is 10.8. The van der Waals surface area contributed by atoms with Crippen LogP contribution in [0.15, 0.2) is 0 Å². The van der Waals surface area contributed by atoms with Gasteiger partial charge in [-0.05, 0) is 0 Å². The van der Waals surface area contributed by atoms with E-state index in [4.69, 9.17) is 21.3 Å². The Balaban J connectivity index is 1.76. The van der Waals surface area contributed by atoms with Crippen molar-refractivity contribution in [3.63, 3.8) is 0 Å². The van der Waals surface area contributed by atoms with Gasteiger partial charge in [0.2, 0.25) is 5.91 Å². The molecule has 7 atom stereocenters. The number of carbonyl (C=O) groups is 1. The van der Waals surface area contributed by atoms with Crippen LogP contribution < -0.4 is 27.4 Å². The smallest absolute Gasteiger partial charge is 0.242 e. The molecule has 3 heterocycles. The van der Waals surface area contributed by atoms with Crippen LogP contribution in [0, 0.1) is 0 Å². The Bertz CT molecular complexity index is 398. The number of rotatable bonds is 2. The molecule has 10 nitrogen and oxygen atoms in total. The van der Waals surface area contributed by atoms with Crippen LogP contribution in [-0.4, -0.2) is 77.3 Å². The Hall–Kier alpha value is -0.850. The summed E-state index contributed by atoms with van der Waals surface area (Å²) in [5.41, 5.74) is 11.6. The van der Waals surface area contributed by atoms with Crippen LogP contribution >= 0.6 is 0 Å². The van der Waals surface area contributed by atoms with Gasteiger partial charge in [0.1, 0.15) is 30.8 Å². The van der Waals surface area contributed by atoms with Crippen molar-refractivity contribution in [1.29, 1.82) is 0 Å². The van der Waals surface area contributed by atoms with E-state index in [9.17, 15) is 9.90 Å². The number of fused-ring (bicyclic) bond motifs is 1. The number of hydrogen-bond acceptors (Lipinski definition) is 9. The number of carbonyl (C=O) groups excluding carboxylic acids is 1. The highest BCUT2D eigenvalue weighted by molar-refractivity contribution is 5.84. The third kappa shape index (κ3) is 2.10. The normalized spacial score (nSPS) is 49.2. The Labute approximate surface area is 115 Å². The molecule has 0 radical (unpaired) electrons. The van der Waals surface area contributed by atoms with Crippen molar-refractivity contribution >= 4 is 5.91 Å². The van der Waals surface area contributed by atoms with E-state index in [0.29, 0.717) is 6.67 Å². The molecule has 0 spiro atoms. The number of nitrogens with one attached hydrogen (secondary N) is 3. The second kappa shape index (κ2) is 5.16. The van der Waals surface area contributed by atoms with Gasteiger partial charge in [0.05, 0.1) is 25.5 Å². The van der Waals surface area contributed by atoms with Crippen LogP contribution in [0.2, 0.25) is 0 Å². The zero-order valence-electron chi connectivity index (χ0n) is 10.8.